The van der Waals surface area contributed by atoms with E-state index in [1.807, 2.05) is 12.1 Å². The van der Waals surface area contributed by atoms with Crippen molar-refractivity contribution in [3.05, 3.63) is 65.6 Å². The summed E-state index contributed by atoms with van der Waals surface area (Å²) in [5.41, 5.74) is 1.58. The van der Waals surface area contributed by atoms with Gasteiger partial charge in [-0.1, -0.05) is 23.4 Å². The maximum Gasteiger partial charge on any atom is 0.277 e. The average Bonchev–Trinajstić information content (AvgIpc) is 3.07. The Morgan fingerprint density at radius 3 is 2.75 bits per heavy atom. The van der Waals surface area contributed by atoms with Crippen LogP contribution in [0.1, 0.15) is 16.1 Å². The van der Waals surface area contributed by atoms with Gasteiger partial charge >= 0.3 is 0 Å². The van der Waals surface area contributed by atoms with Crippen molar-refractivity contribution >= 4 is 11.6 Å². The molecule has 0 unspecified atom stereocenters. The monoisotopic (exact) mass is 326 g/mol. The molecule has 6 heteroatoms. The summed E-state index contributed by atoms with van der Waals surface area (Å²) in [5.74, 6) is -0.0633. The summed E-state index contributed by atoms with van der Waals surface area (Å²) in [7, 11) is 1.54. The number of hydrogen-bond acceptors (Lipinski definition) is 4. The van der Waals surface area contributed by atoms with Crippen molar-refractivity contribution in [3.63, 3.8) is 0 Å². The number of methoxy groups -OCH3 is 1. The number of nitrogens with one attached hydrogen (secondary N) is 1. The molecule has 0 fully saturated rings. The molecule has 1 heterocycles. The van der Waals surface area contributed by atoms with Crippen molar-refractivity contribution in [1.29, 1.82) is 0 Å². The van der Waals surface area contributed by atoms with Gasteiger partial charge in [-0.25, -0.2) is 4.39 Å². The number of aryl methyl sites for hydroxylation is 1. The molecule has 0 aliphatic heterocycles. The lowest BCUT2D eigenvalue weighted by Gasteiger charge is -2.05. The van der Waals surface area contributed by atoms with Crippen LogP contribution in [0.5, 0.6) is 5.75 Å². The fourth-order valence-electron chi connectivity index (χ4n) is 2.27. The largest absolute Gasteiger partial charge is 0.496 e. The molecule has 0 saturated carbocycles. The van der Waals surface area contributed by atoms with Crippen LogP contribution in [0.4, 0.5) is 10.1 Å². The minimum absolute atomic E-state index is 0.0517. The zero-order valence-corrected chi connectivity index (χ0v) is 13.2. The Morgan fingerprint density at radius 1 is 1.21 bits per heavy atom. The lowest BCUT2D eigenvalue weighted by molar-refractivity contribution is 0.101. The predicted octanol–water partition coefficient (Wildman–Crippen LogP) is 4.05. The van der Waals surface area contributed by atoms with E-state index in [-0.39, 0.29) is 11.4 Å². The van der Waals surface area contributed by atoms with Gasteiger partial charge in [0.25, 0.3) is 5.91 Å². The predicted molar refractivity (Wildman–Crippen MR) is 87.6 cm³/mol. The summed E-state index contributed by atoms with van der Waals surface area (Å²) in [5, 5.41) is 6.23. The van der Waals surface area contributed by atoms with Crippen molar-refractivity contribution in [2.24, 2.45) is 0 Å². The molecule has 122 valence electrons. The van der Waals surface area contributed by atoms with Crippen LogP contribution in [0.3, 0.4) is 0 Å². The van der Waals surface area contributed by atoms with Crippen molar-refractivity contribution in [1.82, 2.24) is 5.16 Å². The molecule has 0 radical (unpaired) electrons. The van der Waals surface area contributed by atoms with Crippen LogP contribution in [0.2, 0.25) is 0 Å². The van der Waals surface area contributed by atoms with Gasteiger partial charge in [0.05, 0.1) is 18.4 Å². The lowest BCUT2D eigenvalue weighted by atomic mass is 10.1. The van der Waals surface area contributed by atoms with Crippen LogP contribution in [0, 0.1) is 12.7 Å². The summed E-state index contributed by atoms with van der Waals surface area (Å²) >= 11 is 0. The molecular weight excluding hydrogens is 311 g/mol. The summed E-state index contributed by atoms with van der Waals surface area (Å²) < 4.78 is 24.3. The zero-order chi connectivity index (χ0) is 17.1. The number of hydrogen-bond donors (Lipinski definition) is 1. The molecule has 1 N–H and O–H groups in total. The van der Waals surface area contributed by atoms with Crippen molar-refractivity contribution in [2.75, 3.05) is 12.4 Å². The van der Waals surface area contributed by atoms with Gasteiger partial charge in [-0.2, -0.15) is 0 Å². The number of carbonyl (C=O) groups excluding carboxylic acids is 1. The van der Waals surface area contributed by atoms with Crippen LogP contribution in [0.15, 0.2) is 53.1 Å². The van der Waals surface area contributed by atoms with Gasteiger partial charge < -0.3 is 14.6 Å². The third-order valence-corrected chi connectivity index (χ3v) is 3.49. The first-order valence-corrected chi connectivity index (χ1v) is 7.26. The molecule has 0 atom stereocenters. The van der Waals surface area contributed by atoms with E-state index in [1.165, 1.54) is 18.2 Å². The van der Waals surface area contributed by atoms with E-state index in [1.54, 1.807) is 32.2 Å². The molecule has 0 saturated heterocycles. The van der Waals surface area contributed by atoms with E-state index in [9.17, 15) is 9.18 Å². The van der Waals surface area contributed by atoms with E-state index < -0.39 is 11.7 Å². The van der Waals surface area contributed by atoms with Crippen LogP contribution in [0.25, 0.3) is 11.3 Å². The molecule has 2 aromatic carbocycles. The van der Waals surface area contributed by atoms with E-state index in [4.69, 9.17) is 9.26 Å². The van der Waals surface area contributed by atoms with Crippen molar-refractivity contribution < 1.29 is 18.4 Å². The molecular formula is C18H15FN2O3. The molecule has 5 nitrogen and oxygen atoms in total. The second kappa shape index (κ2) is 6.54. The molecule has 0 spiro atoms. The highest BCUT2D eigenvalue weighted by Gasteiger charge is 2.17. The third kappa shape index (κ3) is 3.12. The van der Waals surface area contributed by atoms with Gasteiger partial charge in [-0.3, -0.25) is 4.79 Å². The zero-order valence-electron chi connectivity index (χ0n) is 13.2. The Balaban J connectivity index is 1.83. The molecule has 0 aliphatic carbocycles. The number of halogens is 1. The average molecular weight is 326 g/mol. The minimum atomic E-state index is -0.553. The molecule has 3 rings (SSSR count). The van der Waals surface area contributed by atoms with E-state index in [2.05, 4.69) is 10.5 Å². The number of para-hydroxylation sites is 1. The maximum absolute atomic E-state index is 13.8. The van der Waals surface area contributed by atoms with E-state index in [0.29, 0.717) is 17.1 Å². The van der Waals surface area contributed by atoms with Crippen LogP contribution < -0.4 is 10.1 Å². The maximum atomic E-state index is 13.8. The van der Waals surface area contributed by atoms with Crippen LogP contribution in [-0.2, 0) is 0 Å². The van der Waals surface area contributed by atoms with Gasteiger partial charge in [0.15, 0.2) is 11.5 Å². The van der Waals surface area contributed by atoms with Gasteiger partial charge in [-0.05, 0) is 36.8 Å². The molecule has 3 aromatic rings. The highest BCUT2D eigenvalue weighted by Crippen LogP contribution is 2.30. The van der Waals surface area contributed by atoms with Gasteiger partial charge in [-0.15, -0.1) is 0 Å². The number of ether oxygens (including phenoxy) is 1. The molecule has 1 amide bonds. The van der Waals surface area contributed by atoms with Crippen LogP contribution in [-0.4, -0.2) is 18.2 Å². The number of carbonyl (C=O) groups is 1. The normalized spacial score (nSPS) is 10.5. The molecule has 24 heavy (non-hydrogen) atoms. The topological polar surface area (TPSA) is 64.4 Å². The second-order valence-electron chi connectivity index (χ2n) is 5.21. The van der Waals surface area contributed by atoms with E-state index >= 15 is 0 Å². The Morgan fingerprint density at radius 2 is 2.00 bits per heavy atom. The van der Waals surface area contributed by atoms with E-state index in [0.717, 1.165) is 5.56 Å². The lowest BCUT2D eigenvalue weighted by Crippen LogP contribution is -2.13. The van der Waals surface area contributed by atoms with Gasteiger partial charge in [0.1, 0.15) is 11.6 Å². The smallest absolute Gasteiger partial charge is 0.277 e. The molecule has 0 bridgehead atoms. The Labute approximate surface area is 138 Å². The first kappa shape index (κ1) is 15.7. The van der Waals surface area contributed by atoms with Crippen molar-refractivity contribution in [3.8, 4) is 17.1 Å². The third-order valence-electron chi connectivity index (χ3n) is 3.49. The Bertz CT molecular complexity index is 889. The molecule has 1 aromatic heterocycles. The number of rotatable bonds is 4. The standard InChI is InChI=1S/C18H15FN2O3/c1-11-7-8-14(13(19)9-11)20-18(22)15-10-17(24-21-15)12-5-3-4-6-16(12)23-2/h3-10H,1-2H3,(H,20,22). The van der Waals surface area contributed by atoms with Crippen molar-refractivity contribution in [2.45, 2.75) is 6.92 Å². The summed E-state index contributed by atoms with van der Waals surface area (Å²) in [6, 6.07) is 13.3. The number of anilines is 1. The van der Waals surface area contributed by atoms with Crippen LogP contribution >= 0.6 is 0 Å². The quantitative estimate of drug-likeness (QED) is 0.785. The number of amides is 1. The fraction of sp³-hybridized carbons (Fsp3) is 0.111. The molecule has 0 aliphatic rings. The summed E-state index contributed by atoms with van der Waals surface area (Å²) in [6.45, 7) is 1.77. The number of aromatic nitrogens is 1. The second-order valence-corrected chi connectivity index (χ2v) is 5.21. The number of nitrogens with zero attached hydrogens (tertiary/aromatic N) is 1. The van der Waals surface area contributed by atoms with Gasteiger partial charge in [0.2, 0.25) is 0 Å². The first-order valence-electron chi connectivity index (χ1n) is 7.26. The Kier molecular flexibility index (Phi) is 4.29. The summed E-state index contributed by atoms with van der Waals surface area (Å²) in [6.07, 6.45) is 0. The minimum Gasteiger partial charge on any atom is -0.496 e. The van der Waals surface area contributed by atoms with Gasteiger partial charge in [0, 0.05) is 6.07 Å². The highest BCUT2D eigenvalue weighted by molar-refractivity contribution is 6.03. The summed E-state index contributed by atoms with van der Waals surface area (Å²) in [4.78, 5) is 12.2. The highest BCUT2D eigenvalue weighted by atomic mass is 19.1. The number of benzene rings is 2. The fourth-order valence-corrected chi connectivity index (χ4v) is 2.27. The SMILES string of the molecule is COc1ccccc1-c1cc(C(=O)Nc2ccc(C)cc2F)no1. The first-order chi connectivity index (χ1) is 11.6. The Hall–Kier alpha value is -3.15.